The van der Waals surface area contributed by atoms with E-state index in [1.165, 1.54) is 14.2 Å². The minimum absolute atomic E-state index is 0.0871. The average molecular weight is 283 g/mol. The first-order valence-electron chi connectivity index (χ1n) is 7.39. The number of carbonyl (C=O) groups is 2. The maximum atomic E-state index is 12.3. The average Bonchev–Trinajstić information content (AvgIpc) is 2.96. The van der Waals surface area contributed by atoms with Gasteiger partial charge in [-0.3, -0.25) is 14.5 Å². The fourth-order valence-corrected chi connectivity index (χ4v) is 3.98. The van der Waals surface area contributed by atoms with Crippen LogP contribution >= 0.6 is 0 Å². The fourth-order valence-electron chi connectivity index (χ4n) is 3.98. The van der Waals surface area contributed by atoms with Crippen molar-refractivity contribution in [1.82, 2.24) is 4.90 Å². The van der Waals surface area contributed by atoms with E-state index >= 15 is 0 Å². The minimum Gasteiger partial charge on any atom is -0.469 e. The normalized spacial score (nSPS) is 33.2. The van der Waals surface area contributed by atoms with Crippen LogP contribution in [0.1, 0.15) is 39.5 Å². The summed E-state index contributed by atoms with van der Waals surface area (Å²) in [7, 11) is 2.85. The fraction of sp³-hybridized carbons (Fsp3) is 0.867. The Morgan fingerprint density at radius 1 is 1.30 bits per heavy atom. The Morgan fingerprint density at radius 3 is 2.55 bits per heavy atom. The van der Waals surface area contributed by atoms with Gasteiger partial charge in [0.2, 0.25) is 0 Å². The van der Waals surface area contributed by atoms with E-state index in [-0.39, 0.29) is 23.9 Å². The molecule has 5 heteroatoms. The minimum atomic E-state index is -0.604. The van der Waals surface area contributed by atoms with Crippen LogP contribution in [0.5, 0.6) is 0 Å². The summed E-state index contributed by atoms with van der Waals surface area (Å²) < 4.78 is 9.97. The van der Waals surface area contributed by atoms with E-state index in [1.54, 1.807) is 0 Å². The number of methoxy groups -OCH3 is 2. The summed E-state index contributed by atoms with van der Waals surface area (Å²) in [6, 6.07) is 0.0871. The summed E-state index contributed by atoms with van der Waals surface area (Å²) in [4.78, 5) is 26.6. The summed E-state index contributed by atoms with van der Waals surface area (Å²) in [5.74, 6) is -0.147. The zero-order valence-corrected chi connectivity index (χ0v) is 12.8. The highest BCUT2D eigenvalue weighted by Crippen LogP contribution is 2.48. The van der Waals surface area contributed by atoms with Crippen LogP contribution in [0.2, 0.25) is 0 Å². The second-order valence-corrected chi connectivity index (χ2v) is 6.35. The summed E-state index contributed by atoms with van der Waals surface area (Å²) in [6.45, 7) is 5.14. The van der Waals surface area contributed by atoms with Crippen molar-refractivity contribution in [2.24, 2.45) is 11.8 Å². The molecule has 0 N–H and O–H groups in total. The van der Waals surface area contributed by atoms with Crippen molar-refractivity contribution in [3.8, 4) is 0 Å². The Hall–Kier alpha value is -1.10. The smallest absolute Gasteiger partial charge is 0.326 e. The number of fused-ring (bicyclic) bond motifs is 1. The van der Waals surface area contributed by atoms with Gasteiger partial charge in [-0.25, -0.2) is 0 Å². The van der Waals surface area contributed by atoms with Crippen molar-refractivity contribution in [3.05, 3.63) is 0 Å². The van der Waals surface area contributed by atoms with E-state index < -0.39 is 5.54 Å². The van der Waals surface area contributed by atoms with Crippen molar-refractivity contribution in [2.45, 2.75) is 51.1 Å². The molecule has 2 heterocycles. The molecule has 0 saturated carbocycles. The Bertz CT molecular complexity index is 395. The number of hydrogen-bond donors (Lipinski definition) is 0. The number of ether oxygens (including phenoxy) is 2. The first kappa shape index (κ1) is 15.3. The number of carbonyl (C=O) groups excluding carboxylic acids is 2. The van der Waals surface area contributed by atoms with E-state index in [4.69, 9.17) is 9.47 Å². The molecule has 5 nitrogen and oxygen atoms in total. The molecule has 0 bridgehead atoms. The van der Waals surface area contributed by atoms with Gasteiger partial charge < -0.3 is 9.47 Å². The highest BCUT2D eigenvalue weighted by Gasteiger charge is 2.60. The van der Waals surface area contributed by atoms with Crippen LogP contribution in [0, 0.1) is 11.8 Å². The van der Waals surface area contributed by atoms with Crippen LogP contribution in [0.4, 0.5) is 0 Å². The number of esters is 2. The van der Waals surface area contributed by atoms with Gasteiger partial charge in [0.15, 0.2) is 0 Å². The van der Waals surface area contributed by atoms with Crippen molar-refractivity contribution >= 4 is 11.9 Å². The van der Waals surface area contributed by atoms with Gasteiger partial charge in [-0.15, -0.1) is 0 Å². The molecular weight excluding hydrogens is 258 g/mol. The highest BCUT2D eigenvalue weighted by atomic mass is 16.5. The summed E-state index contributed by atoms with van der Waals surface area (Å²) in [5, 5.41) is 0. The summed E-state index contributed by atoms with van der Waals surface area (Å²) in [6.07, 6.45) is 3.20. The Morgan fingerprint density at radius 2 is 2.00 bits per heavy atom. The molecule has 0 aromatic carbocycles. The zero-order valence-electron chi connectivity index (χ0n) is 12.8. The molecule has 2 saturated heterocycles. The van der Waals surface area contributed by atoms with Crippen LogP contribution in [-0.4, -0.2) is 49.2 Å². The first-order valence-corrected chi connectivity index (χ1v) is 7.39. The van der Waals surface area contributed by atoms with Crippen molar-refractivity contribution in [1.29, 1.82) is 0 Å². The lowest BCUT2D eigenvalue weighted by atomic mass is 9.87. The lowest BCUT2D eigenvalue weighted by Crippen LogP contribution is -2.49. The van der Waals surface area contributed by atoms with Crippen LogP contribution in [-0.2, 0) is 19.1 Å². The molecule has 20 heavy (non-hydrogen) atoms. The van der Waals surface area contributed by atoms with Gasteiger partial charge in [0.25, 0.3) is 0 Å². The molecule has 0 aliphatic carbocycles. The van der Waals surface area contributed by atoms with Crippen molar-refractivity contribution < 1.29 is 19.1 Å². The molecule has 0 radical (unpaired) electrons. The standard InChI is InChI=1S/C15H25NO4/c1-10(2)8-12-11(13(17)19-3)9-15(14(18)20-4)6-5-7-16(12)15/h10-12H,5-9H2,1-4H3/t11-,12-,15+/m0/s1. The Kier molecular flexibility index (Phi) is 4.37. The SMILES string of the molecule is COC(=O)[C@H]1C[C@@]2(C(=O)OC)CCCN2[C@H]1CC(C)C. The summed E-state index contributed by atoms with van der Waals surface area (Å²) in [5.41, 5.74) is -0.604. The second kappa shape index (κ2) is 5.72. The van der Waals surface area contributed by atoms with Crippen LogP contribution in [0.25, 0.3) is 0 Å². The summed E-state index contributed by atoms with van der Waals surface area (Å²) >= 11 is 0. The molecule has 114 valence electrons. The predicted octanol–water partition coefficient (Wildman–Crippen LogP) is 1.60. The molecule has 3 atom stereocenters. The Labute approximate surface area is 120 Å². The predicted molar refractivity (Wildman–Crippen MR) is 74.1 cm³/mol. The molecule has 0 unspecified atom stereocenters. The van der Waals surface area contributed by atoms with Crippen LogP contribution < -0.4 is 0 Å². The number of rotatable bonds is 4. The van der Waals surface area contributed by atoms with Gasteiger partial charge in [-0.1, -0.05) is 13.8 Å². The lowest BCUT2D eigenvalue weighted by molar-refractivity contribution is -0.152. The van der Waals surface area contributed by atoms with Gasteiger partial charge in [0.05, 0.1) is 20.1 Å². The molecular formula is C15H25NO4. The topological polar surface area (TPSA) is 55.8 Å². The third-order valence-corrected chi connectivity index (χ3v) is 4.74. The molecule has 2 aliphatic rings. The van der Waals surface area contributed by atoms with E-state index in [0.29, 0.717) is 12.3 Å². The molecule has 0 aromatic rings. The van der Waals surface area contributed by atoms with E-state index in [9.17, 15) is 9.59 Å². The van der Waals surface area contributed by atoms with Gasteiger partial charge >= 0.3 is 11.9 Å². The number of hydrogen-bond acceptors (Lipinski definition) is 5. The largest absolute Gasteiger partial charge is 0.469 e. The van der Waals surface area contributed by atoms with Crippen molar-refractivity contribution in [2.75, 3.05) is 20.8 Å². The molecule has 0 amide bonds. The van der Waals surface area contributed by atoms with Gasteiger partial charge in [0.1, 0.15) is 5.54 Å². The lowest BCUT2D eigenvalue weighted by Gasteiger charge is -2.33. The maximum absolute atomic E-state index is 12.3. The first-order chi connectivity index (χ1) is 9.46. The van der Waals surface area contributed by atoms with Gasteiger partial charge in [-0.2, -0.15) is 0 Å². The second-order valence-electron chi connectivity index (χ2n) is 6.35. The molecule has 0 spiro atoms. The van der Waals surface area contributed by atoms with Crippen LogP contribution in [0.15, 0.2) is 0 Å². The van der Waals surface area contributed by atoms with E-state index in [0.717, 1.165) is 25.8 Å². The van der Waals surface area contributed by atoms with Crippen LogP contribution in [0.3, 0.4) is 0 Å². The molecule has 2 rings (SSSR count). The Balaban J connectivity index is 2.32. The quantitative estimate of drug-likeness (QED) is 0.734. The third-order valence-electron chi connectivity index (χ3n) is 4.74. The molecule has 0 aromatic heterocycles. The monoisotopic (exact) mass is 283 g/mol. The molecule has 2 aliphatic heterocycles. The number of nitrogens with zero attached hydrogens (tertiary/aromatic N) is 1. The van der Waals surface area contributed by atoms with Crippen molar-refractivity contribution in [3.63, 3.8) is 0 Å². The van der Waals surface area contributed by atoms with E-state index in [1.807, 2.05) is 0 Å². The maximum Gasteiger partial charge on any atom is 0.326 e. The third kappa shape index (κ3) is 2.32. The molecule has 2 fully saturated rings. The van der Waals surface area contributed by atoms with E-state index in [2.05, 4.69) is 18.7 Å². The zero-order chi connectivity index (χ0) is 14.9. The van der Waals surface area contributed by atoms with Gasteiger partial charge in [0, 0.05) is 6.04 Å². The van der Waals surface area contributed by atoms with Gasteiger partial charge in [-0.05, 0) is 38.1 Å². The highest BCUT2D eigenvalue weighted by molar-refractivity contribution is 5.84.